The lowest BCUT2D eigenvalue weighted by Gasteiger charge is -2.33. The van der Waals surface area contributed by atoms with Crippen LogP contribution in [0.15, 0.2) is 30.3 Å². The molecule has 38 heavy (non-hydrogen) atoms. The van der Waals surface area contributed by atoms with Crippen molar-refractivity contribution in [3.63, 3.8) is 0 Å². The van der Waals surface area contributed by atoms with Crippen LogP contribution in [-0.4, -0.2) is 48.1 Å². The third-order valence-electron chi connectivity index (χ3n) is 7.20. The second-order valence-electron chi connectivity index (χ2n) is 9.73. The van der Waals surface area contributed by atoms with E-state index < -0.39 is 18.0 Å². The Morgan fingerprint density at radius 3 is 2.42 bits per heavy atom. The van der Waals surface area contributed by atoms with Crippen molar-refractivity contribution in [2.45, 2.75) is 57.2 Å². The fraction of sp³-hybridized carbons (Fsp3) is 0.519. The third-order valence-corrected chi connectivity index (χ3v) is 7.20. The number of hydrogen-bond donors (Lipinski definition) is 1. The van der Waals surface area contributed by atoms with E-state index in [4.69, 9.17) is 10.5 Å². The van der Waals surface area contributed by atoms with Crippen molar-refractivity contribution in [2.24, 2.45) is 5.92 Å². The van der Waals surface area contributed by atoms with E-state index in [2.05, 4.69) is 27.4 Å². The van der Waals surface area contributed by atoms with Gasteiger partial charge in [-0.05, 0) is 62.1 Å². The van der Waals surface area contributed by atoms with E-state index >= 15 is 0 Å². The first kappa shape index (κ1) is 27.2. The fourth-order valence-electron chi connectivity index (χ4n) is 5.08. The molecule has 8 nitrogen and oxygen atoms in total. The lowest BCUT2D eigenvalue weighted by atomic mass is 9.92. The highest BCUT2D eigenvalue weighted by molar-refractivity contribution is 5.85. The highest BCUT2D eigenvalue weighted by Gasteiger charge is 2.38. The lowest BCUT2D eigenvalue weighted by molar-refractivity contribution is -0.144. The first-order valence-electron chi connectivity index (χ1n) is 12.9. The first-order chi connectivity index (χ1) is 18.3. The number of benzene rings is 1. The number of amides is 1. The normalized spacial score (nSPS) is 18.2. The Kier molecular flexibility index (Phi) is 8.67. The maximum absolute atomic E-state index is 13.7. The van der Waals surface area contributed by atoms with Gasteiger partial charge in [0.05, 0.1) is 17.7 Å². The number of nitriles is 2. The zero-order chi connectivity index (χ0) is 27.1. The van der Waals surface area contributed by atoms with E-state index in [9.17, 15) is 18.0 Å². The molecule has 4 rings (SSSR count). The predicted molar refractivity (Wildman–Crippen MR) is 135 cm³/mol. The van der Waals surface area contributed by atoms with Crippen molar-refractivity contribution in [3.8, 4) is 12.1 Å². The van der Waals surface area contributed by atoms with Gasteiger partial charge in [0.1, 0.15) is 17.7 Å². The van der Waals surface area contributed by atoms with Gasteiger partial charge in [-0.15, -0.1) is 0 Å². The standard InChI is InChI=1S/C27H30F3N7O/c28-27(29,30)26-34-23(36-15-10-19(11-16-36)3-1-12-31)17-24(35-26)37-14-2-4-22(37)25(38)33-13-9-20-5-7-21(18-32)8-6-20/h5-8,17,19,22H,1-4,9-11,13-16H2,(H,33,38)/t22-/m0/s1. The van der Waals surface area contributed by atoms with Crippen LogP contribution in [0.3, 0.4) is 0 Å². The minimum atomic E-state index is -4.71. The van der Waals surface area contributed by atoms with Crippen molar-refractivity contribution in [3.05, 3.63) is 47.3 Å². The molecular weight excluding hydrogens is 495 g/mol. The van der Waals surface area contributed by atoms with Crippen LogP contribution in [0, 0.1) is 28.6 Å². The zero-order valence-electron chi connectivity index (χ0n) is 21.0. The number of nitrogens with zero attached hydrogens (tertiary/aromatic N) is 6. The zero-order valence-corrected chi connectivity index (χ0v) is 21.0. The molecule has 1 amide bonds. The molecule has 3 heterocycles. The molecule has 1 aromatic heterocycles. The highest BCUT2D eigenvalue weighted by Crippen LogP contribution is 2.34. The number of piperidine rings is 1. The molecule has 0 spiro atoms. The van der Waals surface area contributed by atoms with Gasteiger partial charge in [0, 0.05) is 38.7 Å². The van der Waals surface area contributed by atoms with E-state index in [-0.39, 0.29) is 17.5 Å². The Hall–Kier alpha value is -3.86. The molecule has 0 bridgehead atoms. The van der Waals surface area contributed by atoms with Gasteiger partial charge < -0.3 is 15.1 Å². The summed E-state index contributed by atoms with van der Waals surface area (Å²) < 4.78 is 41.2. The Bertz CT molecular complexity index is 1200. The maximum Gasteiger partial charge on any atom is 0.451 e. The molecule has 2 aromatic rings. The summed E-state index contributed by atoms with van der Waals surface area (Å²) in [6, 6.07) is 12.3. The Morgan fingerprint density at radius 2 is 1.76 bits per heavy atom. The lowest BCUT2D eigenvalue weighted by Crippen LogP contribution is -2.44. The van der Waals surface area contributed by atoms with Crippen LogP contribution < -0.4 is 15.1 Å². The van der Waals surface area contributed by atoms with Gasteiger partial charge in [-0.25, -0.2) is 9.97 Å². The average Bonchev–Trinajstić information content (AvgIpc) is 3.42. The molecule has 0 unspecified atom stereocenters. The molecule has 1 aromatic carbocycles. The summed E-state index contributed by atoms with van der Waals surface area (Å²) in [5, 5.41) is 20.6. The van der Waals surface area contributed by atoms with Crippen LogP contribution in [0.1, 0.15) is 55.5 Å². The van der Waals surface area contributed by atoms with E-state index in [0.717, 1.165) is 24.8 Å². The van der Waals surface area contributed by atoms with Crippen LogP contribution in [-0.2, 0) is 17.4 Å². The number of alkyl halides is 3. The summed E-state index contributed by atoms with van der Waals surface area (Å²) in [5.74, 6) is -0.747. The summed E-state index contributed by atoms with van der Waals surface area (Å²) in [6.45, 7) is 1.92. The minimum absolute atomic E-state index is 0.110. The Morgan fingerprint density at radius 1 is 1.05 bits per heavy atom. The Labute approximate surface area is 220 Å². The van der Waals surface area contributed by atoms with E-state index in [1.165, 1.54) is 0 Å². The Balaban J connectivity index is 1.45. The van der Waals surface area contributed by atoms with Gasteiger partial charge >= 0.3 is 6.18 Å². The van der Waals surface area contributed by atoms with Crippen LogP contribution in [0.25, 0.3) is 0 Å². The predicted octanol–water partition coefficient (Wildman–Crippen LogP) is 4.21. The molecule has 2 fully saturated rings. The first-order valence-corrected chi connectivity index (χ1v) is 12.9. The number of anilines is 2. The van der Waals surface area contributed by atoms with Crippen molar-refractivity contribution >= 4 is 17.5 Å². The molecule has 11 heteroatoms. The molecule has 0 saturated carbocycles. The quantitative estimate of drug-likeness (QED) is 0.550. The monoisotopic (exact) mass is 525 g/mol. The number of nitrogens with one attached hydrogen (secondary N) is 1. The van der Waals surface area contributed by atoms with Crippen LogP contribution in [0.2, 0.25) is 0 Å². The van der Waals surface area contributed by atoms with Gasteiger partial charge in [0.15, 0.2) is 0 Å². The number of aromatic nitrogens is 2. The van der Waals surface area contributed by atoms with Gasteiger partial charge in [0.25, 0.3) is 0 Å². The van der Waals surface area contributed by atoms with Crippen molar-refractivity contribution < 1.29 is 18.0 Å². The van der Waals surface area contributed by atoms with Gasteiger partial charge in [-0.3, -0.25) is 4.79 Å². The number of halogens is 3. The molecule has 2 aliphatic rings. The smallest absolute Gasteiger partial charge is 0.356 e. The molecule has 2 saturated heterocycles. The van der Waals surface area contributed by atoms with Gasteiger partial charge in [-0.2, -0.15) is 23.7 Å². The number of rotatable bonds is 8. The number of carbonyl (C=O) groups is 1. The third kappa shape index (κ3) is 6.71. The summed E-state index contributed by atoms with van der Waals surface area (Å²) in [4.78, 5) is 24.2. The molecule has 1 atom stereocenters. The average molecular weight is 526 g/mol. The largest absolute Gasteiger partial charge is 0.451 e. The van der Waals surface area contributed by atoms with Gasteiger partial charge in [-0.1, -0.05) is 12.1 Å². The second-order valence-corrected chi connectivity index (χ2v) is 9.73. The highest BCUT2D eigenvalue weighted by atomic mass is 19.4. The van der Waals surface area contributed by atoms with Crippen molar-refractivity contribution in [2.75, 3.05) is 36.0 Å². The second kappa shape index (κ2) is 12.1. The van der Waals surface area contributed by atoms with Gasteiger partial charge in [0.2, 0.25) is 11.7 Å². The summed E-state index contributed by atoms with van der Waals surface area (Å²) in [7, 11) is 0. The minimum Gasteiger partial charge on any atom is -0.356 e. The van der Waals surface area contributed by atoms with E-state index in [1.807, 2.05) is 17.0 Å². The number of hydrogen-bond acceptors (Lipinski definition) is 7. The summed E-state index contributed by atoms with van der Waals surface area (Å²) >= 11 is 0. The molecule has 0 radical (unpaired) electrons. The van der Waals surface area contributed by atoms with Crippen LogP contribution >= 0.6 is 0 Å². The summed E-state index contributed by atoms with van der Waals surface area (Å²) in [5.41, 5.74) is 1.53. The number of carbonyl (C=O) groups excluding carboxylic acids is 1. The topological polar surface area (TPSA) is 109 Å². The molecular formula is C27H30F3N7O. The molecule has 2 aliphatic heterocycles. The van der Waals surface area contributed by atoms with Crippen molar-refractivity contribution in [1.82, 2.24) is 15.3 Å². The molecule has 0 aliphatic carbocycles. The summed E-state index contributed by atoms with van der Waals surface area (Å²) in [6.07, 6.45) is -0.104. The van der Waals surface area contributed by atoms with Crippen LogP contribution in [0.4, 0.5) is 24.8 Å². The fourth-order valence-corrected chi connectivity index (χ4v) is 5.08. The van der Waals surface area contributed by atoms with E-state index in [1.54, 1.807) is 23.1 Å². The molecule has 1 N–H and O–H groups in total. The van der Waals surface area contributed by atoms with Crippen molar-refractivity contribution in [1.29, 1.82) is 10.5 Å². The molecule has 200 valence electrons. The maximum atomic E-state index is 13.7. The van der Waals surface area contributed by atoms with E-state index in [0.29, 0.717) is 63.3 Å². The van der Waals surface area contributed by atoms with Crippen LogP contribution in [0.5, 0.6) is 0 Å². The SMILES string of the molecule is N#CCCC1CCN(c2cc(N3CCC[C@H]3C(=O)NCCc3ccc(C#N)cc3)nc(C(F)(F)F)n2)CC1.